The van der Waals surface area contributed by atoms with E-state index in [0.29, 0.717) is 4.47 Å². The smallest absolute Gasteiger partial charge is 0.305 e. The zero-order valence-electron chi connectivity index (χ0n) is 8.30. The molecule has 0 radical (unpaired) electrons. The minimum Gasteiger partial charge on any atom is -0.369 e. The second-order valence-corrected chi connectivity index (χ2v) is 3.71. The molecule has 0 aliphatic rings. The highest BCUT2D eigenvalue weighted by molar-refractivity contribution is 9.10. The molecule has 0 atom stereocenters. The summed E-state index contributed by atoms with van der Waals surface area (Å²) in [5, 5.41) is 17.2. The molecule has 0 aliphatic carbocycles. The SMILES string of the molecule is NC(N)=NN=Cc1cc(F)c([N+](=O)[O-])cc1Br. The highest BCUT2D eigenvalue weighted by Crippen LogP contribution is 2.25. The summed E-state index contributed by atoms with van der Waals surface area (Å²) in [4.78, 5) is 9.62. The molecule has 1 aromatic carbocycles. The van der Waals surface area contributed by atoms with Crippen LogP contribution >= 0.6 is 15.9 Å². The summed E-state index contributed by atoms with van der Waals surface area (Å²) < 4.78 is 13.6. The fourth-order valence-corrected chi connectivity index (χ4v) is 1.38. The van der Waals surface area contributed by atoms with Crippen LogP contribution in [0, 0.1) is 15.9 Å². The van der Waals surface area contributed by atoms with Crippen molar-refractivity contribution in [2.24, 2.45) is 21.7 Å². The van der Waals surface area contributed by atoms with E-state index in [1.165, 1.54) is 0 Å². The Labute approximate surface area is 103 Å². The van der Waals surface area contributed by atoms with E-state index in [4.69, 9.17) is 11.5 Å². The van der Waals surface area contributed by atoms with Crippen LogP contribution in [0.5, 0.6) is 0 Å². The average molecular weight is 304 g/mol. The molecule has 0 amide bonds. The van der Waals surface area contributed by atoms with Crippen molar-refractivity contribution in [3.8, 4) is 0 Å². The monoisotopic (exact) mass is 303 g/mol. The number of hydrogen-bond acceptors (Lipinski definition) is 4. The van der Waals surface area contributed by atoms with E-state index in [0.717, 1.165) is 18.3 Å². The summed E-state index contributed by atoms with van der Waals surface area (Å²) in [5.74, 6) is -1.22. The second-order valence-electron chi connectivity index (χ2n) is 2.85. The van der Waals surface area contributed by atoms with Crippen molar-refractivity contribution < 1.29 is 9.31 Å². The number of nitro groups is 1. The van der Waals surface area contributed by atoms with Crippen LogP contribution < -0.4 is 11.5 Å². The Morgan fingerprint density at radius 2 is 2.18 bits per heavy atom. The van der Waals surface area contributed by atoms with Gasteiger partial charge in [0.2, 0.25) is 11.8 Å². The Kier molecular flexibility index (Phi) is 4.10. The first-order chi connectivity index (χ1) is 7.91. The third-order valence-electron chi connectivity index (χ3n) is 1.63. The van der Waals surface area contributed by atoms with E-state index in [-0.39, 0.29) is 11.5 Å². The lowest BCUT2D eigenvalue weighted by molar-refractivity contribution is -0.387. The molecule has 0 saturated carbocycles. The maximum Gasteiger partial charge on any atom is 0.305 e. The number of nitro benzene ring substituents is 1. The highest BCUT2D eigenvalue weighted by atomic mass is 79.9. The van der Waals surface area contributed by atoms with Crippen LogP contribution in [0.15, 0.2) is 26.8 Å². The molecule has 1 aromatic rings. The average Bonchev–Trinajstić information content (AvgIpc) is 2.21. The van der Waals surface area contributed by atoms with Crippen molar-refractivity contribution >= 4 is 33.8 Å². The Balaban J connectivity index is 3.12. The Hall–Kier alpha value is -2.03. The van der Waals surface area contributed by atoms with Crippen LogP contribution in [0.4, 0.5) is 10.1 Å². The molecule has 90 valence electrons. The first-order valence-electron chi connectivity index (χ1n) is 4.17. The Bertz CT molecular complexity index is 513. The topological polar surface area (TPSA) is 120 Å². The van der Waals surface area contributed by atoms with Gasteiger partial charge in [0.25, 0.3) is 0 Å². The predicted molar refractivity (Wildman–Crippen MR) is 64.2 cm³/mol. The number of nitrogens with two attached hydrogens (primary N) is 2. The van der Waals surface area contributed by atoms with Gasteiger partial charge in [-0.25, -0.2) is 0 Å². The third-order valence-corrected chi connectivity index (χ3v) is 2.32. The standard InChI is InChI=1S/C8H7BrFN5O2/c9-5-2-7(15(16)17)6(10)1-4(5)3-13-14-8(11)12/h1-3H,(H4,11,12,14). The molecule has 0 aliphatic heterocycles. The van der Waals surface area contributed by atoms with Gasteiger partial charge in [0.15, 0.2) is 0 Å². The van der Waals surface area contributed by atoms with Gasteiger partial charge in [-0.3, -0.25) is 10.1 Å². The zero-order chi connectivity index (χ0) is 13.0. The van der Waals surface area contributed by atoms with Crippen LogP contribution in [0.2, 0.25) is 0 Å². The summed E-state index contributed by atoms with van der Waals surface area (Å²) in [5.41, 5.74) is 9.70. The molecule has 0 aromatic heterocycles. The maximum absolute atomic E-state index is 13.3. The minimum atomic E-state index is -0.968. The van der Waals surface area contributed by atoms with Gasteiger partial charge in [-0.1, -0.05) is 0 Å². The van der Waals surface area contributed by atoms with Crippen molar-refractivity contribution in [3.05, 3.63) is 38.1 Å². The van der Waals surface area contributed by atoms with E-state index in [9.17, 15) is 14.5 Å². The second kappa shape index (κ2) is 5.34. The zero-order valence-corrected chi connectivity index (χ0v) is 9.89. The summed E-state index contributed by atoms with van der Waals surface area (Å²) in [6.45, 7) is 0. The van der Waals surface area contributed by atoms with Gasteiger partial charge in [-0.05, 0) is 22.0 Å². The molecule has 0 spiro atoms. The first kappa shape index (κ1) is 13.0. The molecule has 0 saturated heterocycles. The van der Waals surface area contributed by atoms with Crippen LogP contribution in [0.3, 0.4) is 0 Å². The molecule has 1 rings (SSSR count). The predicted octanol–water partition coefficient (Wildman–Crippen LogP) is 1.10. The number of halogens is 2. The van der Waals surface area contributed by atoms with Crippen LogP contribution in [-0.2, 0) is 0 Å². The van der Waals surface area contributed by atoms with Crippen LogP contribution in [0.25, 0.3) is 0 Å². The van der Waals surface area contributed by atoms with Crippen LogP contribution in [0.1, 0.15) is 5.56 Å². The van der Waals surface area contributed by atoms with Gasteiger partial charge in [0.1, 0.15) is 0 Å². The molecular formula is C8H7BrFN5O2. The number of guanidine groups is 1. The fraction of sp³-hybridized carbons (Fsp3) is 0. The lowest BCUT2D eigenvalue weighted by Gasteiger charge is -1.99. The summed E-state index contributed by atoms with van der Waals surface area (Å²) in [6.07, 6.45) is 1.16. The van der Waals surface area contributed by atoms with Crippen molar-refractivity contribution in [1.82, 2.24) is 0 Å². The third kappa shape index (κ3) is 3.48. The molecule has 0 heterocycles. The summed E-state index contributed by atoms with van der Waals surface area (Å²) >= 11 is 3.04. The quantitative estimate of drug-likeness (QED) is 0.376. The van der Waals surface area contributed by atoms with E-state index >= 15 is 0 Å². The molecule has 0 fully saturated rings. The highest BCUT2D eigenvalue weighted by Gasteiger charge is 2.16. The molecule has 9 heteroatoms. The minimum absolute atomic E-state index is 0.250. The number of nitrogens with zero attached hydrogens (tertiary/aromatic N) is 3. The Morgan fingerprint density at radius 3 is 2.71 bits per heavy atom. The lowest BCUT2D eigenvalue weighted by atomic mass is 10.2. The molecule has 4 N–H and O–H groups in total. The molecule has 7 nitrogen and oxygen atoms in total. The van der Waals surface area contributed by atoms with Crippen molar-refractivity contribution in [1.29, 1.82) is 0 Å². The fourth-order valence-electron chi connectivity index (χ4n) is 0.948. The lowest BCUT2D eigenvalue weighted by Crippen LogP contribution is -2.21. The maximum atomic E-state index is 13.3. The van der Waals surface area contributed by atoms with E-state index in [2.05, 4.69) is 26.1 Å². The first-order valence-corrected chi connectivity index (χ1v) is 4.96. The van der Waals surface area contributed by atoms with Crippen LogP contribution in [-0.4, -0.2) is 17.1 Å². The van der Waals surface area contributed by atoms with E-state index < -0.39 is 16.4 Å². The van der Waals surface area contributed by atoms with Crippen molar-refractivity contribution in [2.75, 3.05) is 0 Å². The van der Waals surface area contributed by atoms with Crippen molar-refractivity contribution in [2.45, 2.75) is 0 Å². The van der Waals surface area contributed by atoms with Crippen molar-refractivity contribution in [3.63, 3.8) is 0 Å². The normalized spacial score (nSPS) is 10.5. The molecule has 17 heavy (non-hydrogen) atoms. The van der Waals surface area contributed by atoms with Gasteiger partial charge in [-0.15, -0.1) is 5.10 Å². The van der Waals surface area contributed by atoms with Gasteiger partial charge in [0.05, 0.1) is 11.1 Å². The van der Waals surface area contributed by atoms with E-state index in [1.807, 2.05) is 0 Å². The molecule has 0 bridgehead atoms. The van der Waals surface area contributed by atoms with Gasteiger partial charge in [-0.2, -0.15) is 9.49 Å². The number of hydrogen-bond donors (Lipinski definition) is 2. The van der Waals surface area contributed by atoms with Gasteiger partial charge >= 0.3 is 5.69 Å². The largest absolute Gasteiger partial charge is 0.369 e. The number of benzene rings is 1. The van der Waals surface area contributed by atoms with E-state index in [1.54, 1.807) is 0 Å². The van der Waals surface area contributed by atoms with Gasteiger partial charge in [0, 0.05) is 16.1 Å². The van der Waals surface area contributed by atoms with Gasteiger partial charge < -0.3 is 11.5 Å². The molecule has 0 unspecified atom stereocenters. The Morgan fingerprint density at radius 1 is 1.53 bits per heavy atom. The summed E-state index contributed by atoms with van der Waals surface area (Å²) in [6, 6.07) is 1.99. The molecular weight excluding hydrogens is 297 g/mol. The summed E-state index contributed by atoms with van der Waals surface area (Å²) in [7, 11) is 0. The number of rotatable bonds is 3.